The summed E-state index contributed by atoms with van der Waals surface area (Å²) in [7, 11) is 0. The summed E-state index contributed by atoms with van der Waals surface area (Å²) < 4.78 is 0. The van der Waals surface area contributed by atoms with Gasteiger partial charge in [-0.05, 0) is 45.4 Å². The fraction of sp³-hybridized carbons (Fsp3) is 0.500. The molecule has 0 N–H and O–H groups in total. The van der Waals surface area contributed by atoms with Crippen molar-refractivity contribution in [3.63, 3.8) is 0 Å². The fourth-order valence-electron chi connectivity index (χ4n) is 2.86. The number of hydrogen-bond donors (Lipinski definition) is 0. The van der Waals surface area contributed by atoms with Crippen LogP contribution in [-0.2, 0) is 0 Å². The van der Waals surface area contributed by atoms with Gasteiger partial charge < -0.3 is 4.90 Å². The Balaban J connectivity index is 1.74. The Morgan fingerprint density at radius 1 is 1.30 bits per heavy atom. The van der Waals surface area contributed by atoms with Gasteiger partial charge in [0, 0.05) is 47.5 Å². The van der Waals surface area contributed by atoms with Crippen LogP contribution < -0.4 is 0 Å². The van der Waals surface area contributed by atoms with Crippen molar-refractivity contribution in [2.24, 2.45) is 0 Å². The lowest BCUT2D eigenvalue weighted by molar-refractivity contribution is 0.166. The third-order valence-corrected chi connectivity index (χ3v) is 4.89. The molecule has 3 nitrogen and oxygen atoms in total. The molecule has 0 saturated carbocycles. The molecule has 3 rings (SSSR count). The van der Waals surface area contributed by atoms with Gasteiger partial charge in [0.2, 0.25) is 0 Å². The molecule has 0 bridgehead atoms. The van der Waals surface area contributed by atoms with E-state index in [0.29, 0.717) is 12.0 Å². The lowest BCUT2D eigenvalue weighted by Crippen LogP contribution is -2.39. The summed E-state index contributed by atoms with van der Waals surface area (Å²) in [5.74, 6) is 0.580. The highest BCUT2D eigenvalue weighted by Gasteiger charge is 2.23. The van der Waals surface area contributed by atoms with E-state index in [4.69, 9.17) is 4.98 Å². The quantitative estimate of drug-likeness (QED) is 0.860. The highest BCUT2D eigenvalue weighted by Crippen LogP contribution is 2.28. The first-order valence-electron chi connectivity index (χ1n) is 7.34. The van der Waals surface area contributed by atoms with Crippen LogP contribution in [-0.4, -0.2) is 34.0 Å². The zero-order valence-corrected chi connectivity index (χ0v) is 12.9. The Bertz CT molecular complexity index is 533. The maximum atomic E-state index is 4.69. The van der Waals surface area contributed by atoms with Crippen molar-refractivity contribution in [2.75, 3.05) is 13.1 Å². The van der Waals surface area contributed by atoms with Crippen molar-refractivity contribution in [2.45, 2.75) is 38.6 Å². The standard InChI is InChI=1S/C16H21N3S/c1-12(2)19-8-3-4-14(11-19)15-6-5-13(10-18-15)16-17-7-9-20-16/h5-7,9-10,12,14H,3-4,8,11H2,1-2H3. The summed E-state index contributed by atoms with van der Waals surface area (Å²) >= 11 is 1.66. The smallest absolute Gasteiger partial charge is 0.124 e. The third kappa shape index (κ3) is 2.91. The molecule has 0 amide bonds. The number of nitrogens with zero attached hydrogens (tertiary/aromatic N) is 3. The van der Waals surface area contributed by atoms with E-state index in [1.165, 1.54) is 25.1 Å². The Morgan fingerprint density at radius 3 is 2.85 bits per heavy atom. The predicted octanol–water partition coefficient (Wildman–Crippen LogP) is 3.79. The molecule has 0 spiro atoms. The number of rotatable bonds is 3. The number of pyridine rings is 1. The average molecular weight is 287 g/mol. The van der Waals surface area contributed by atoms with Crippen LogP contribution in [0.2, 0.25) is 0 Å². The molecule has 106 valence electrons. The highest BCUT2D eigenvalue weighted by molar-refractivity contribution is 7.13. The van der Waals surface area contributed by atoms with Crippen molar-refractivity contribution < 1.29 is 0 Å². The summed E-state index contributed by atoms with van der Waals surface area (Å²) in [6, 6.07) is 4.98. The molecule has 0 aliphatic carbocycles. The van der Waals surface area contributed by atoms with Crippen LogP contribution in [0.3, 0.4) is 0 Å². The van der Waals surface area contributed by atoms with E-state index in [-0.39, 0.29) is 0 Å². The minimum atomic E-state index is 0.580. The lowest BCUT2D eigenvalue weighted by atomic mass is 9.93. The van der Waals surface area contributed by atoms with Gasteiger partial charge in [-0.25, -0.2) is 4.98 Å². The minimum absolute atomic E-state index is 0.580. The zero-order valence-electron chi connectivity index (χ0n) is 12.1. The van der Waals surface area contributed by atoms with Gasteiger partial charge in [-0.3, -0.25) is 4.98 Å². The lowest BCUT2D eigenvalue weighted by Gasteiger charge is -2.35. The Morgan fingerprint density at radius 2 is 2.20 bits per heavy atom. The molecule has 1 aliphatic rings. The van der Waals surface area contributed by atoms with E-state index in [9.17, 15) is 0 Å². The van der Waals surface area contributed by atoms with Crippen LogP contribution in [0.5, 0.6) is 0 Å². The van der Waals surface area contributed by atoms with Gasteiger partial charge in [0.25, 0.3) is 0 Å². The van der Waals surface area contributed by atoms with Crippen molar-refractivity contribution in [3.05, 3.63) is 35.6 Å². The van der Waals surface area contributed by atoms with Crippen LogP contribution in [0.15, 0.2) is 29.9 Å². The molecular formula is C16H21N3S. The Labute approximate surface area is 124 Å². The number of piperidine rings is 1. The molecule has 20 heavy (non-hydrogen) atoms. The van der Waals surface area contributed by atoms with Crippen molar-refractivity contribution in [3.8, 4) is 10.6 Å². The monoisotopic (exact) mass is 287 g/mol. The molecule has 3 heterocycles. The van der Waals surface area contributed by atoms with Crippen LogP contribution in [0.4, 0.5) is 0 Å². The molecule has 2 aromatic rings. The van der Waals surface area contributed by atoms with Crippen molar-refractivity contribution in [1.82, 2.24) is 14.9 Å². The molecule has 0 aromatic carbocycles. The average Bonchev–Trinajstić information content (AvgIpc) is 3.02. The first-order chi connectivity index (χ1) is 9.74. The zero-order chi connectivity index (χ0) is 13.9. The van der Waals surface area contributed by atoms with Crippen LogP contribution in [0.25, 0.3) is 10.6 Å². The summed E-state index contributed by atoms with van der Waals surface area (Å²) in [6.07, 6.45) is 6.35. The van der Waals surface area contributed by atoms with Crippen LogP contribution in [0, 0.1) is 0 Å². The van der Waals surface area contributed by atoms with Gasteiger partial charge in [0.15, 0.2) is 0 Å². The summed E-state index contributed by atoms with van der Waals surface area (Å²) in [5, 5.41) is 3.06. The summed E-state index contributed by atoms with van der Waals surface area (Å²) in [4.78, 5) is 11.6. The van der Waals surface area contributed by atoms with E-state index in [1.54, 1.807) is 11.3 Å². The SMILES string of the molecule is CC(C)N1CCCC(c2ccc(-c3nccs3)cn2)C1. The Kier molecular flexibility index (Phi) is 4.13. The van der Waals surface area contributed by atoms with E-state index in [1.807, 2.05) is 17.8 Å². The highest BCUT2D eigenvalue weighted by atomic mass is 32.1. The van der Waals surface area contributed by atoms with Gasteiger partial charge >= 0.3 is 0 Å². The van der Waals surface area contributed by atoms with Gasteiger partial charge in [-0.1, -0.05) is 0 Å². The number of hydrogen-bond acceptors (Lipinski definition) is 4. The largest absolute Gasteiger partial charge is 0.300 e. The Hall–Kier alpha value is -1.26. The summed E-state index contributed by atoms with van der Waals surface area (Å²) in [5.41, 5.74) is 2.36. The van der Waals surface area contributed by atoms with E-state index in [2.05, 4.69) is 35.9 Å². The van der Waals surface area contributed by atoms with Crippen molar-refractivity contribution in [1.29, 1.82) is 0 Å². The predicted molar refractivity (Wildman–Crippen MR) is 84.0 cm³/mol. The minimum Gasteiger partial charge on any atom is -0.300 e. The molecule has 1 saturated heterocycles. The second kappa shape index (κ2) is 6.02. The maximum Gasteiger partial charge on any atom is 0.124 e. The van der Waals surface area contributed by atoms with Crippen LogP contribution >= 0.6 is 11.3 Å². The molecule has 4 heteroatoms. The third-order valence-electron chi connectivity index (χ3n) is 4.07. The van der Waals surface area contributed by atoms with Gasteiger partial charge in [-0.15, -0.1) is 11.3 Å². The summed E-state index contributed by atoms with van der Waals surface area (Å²) in [6.45, 7) is 6.93. The molecule has 1 unspecified atom stereocenters. The van der Waals surface area contributed by atoms with E-state index < -0.39 is 0 Å². The molecule has 1 aliphatic heterocycles. The van der Waals surface area contributed by atoms with E-state index in [0.717, 1.165) is 17.1 Å². The maximum absolute atomic E-state index is 4.69. The molecule has 2 aromatic heterocycles. The normalized spacial score (nSPS) is 20.4. The number of likely N-dealkylation sites (tertiary alicyclic amines) is 1. The van der Waals surface area contributed by atoms with Gasteiger partial charge in [0.1, 0.15) is 5.01 Å². The van der Waals surface area contributed by atoms with Gasteiger partial charge in [-0.2, -0.15) is 0 Å². The van der Waals surface area contributed by atoms with E-state index >= 15 is 0 Å². The molecule has 0 radical (unpaired) electrons. The second-order valence-electron chi connectivity index (χ2n) is 5.74. The van der Waals surface area contributed by atoms with Gasteiger partial charge in [0.05, 0.1) is 0 Å². The molecule has 1 atom stereocenters. The molecular weight excluding hydrogens is 266 g/mol. The number of thiazole rings is 1. The second-order valence-corrected chi connectivity index (χ2v) is 6.63. The van der Waals surface area contributed by atoms with Crippen molar-refractivity contribution >= 4 is 11.3 Å². The molecule has 1 fully saturated rings. The first-order valence-corrected chi connectivity index (χ1v) is 8.22. The first kappa shape index (κ1) is 13.7. The fourth-order valence-corrected chi connectivity index (χ4v) is 3.49. The number of aromatic nitrogens is 2. The topological polar surface area (TPSA) is 29.0 Å². The van der Waals surface area contributed by atoms with Crippen LogP contribution in [0.1, 0.15) is 38.3 Å².